The summed E-state index contributed by atoms with van der Waals surface area (Å²) in [5, 5.41) is 20.4. The van der Waals surface area contributed by atoms with Gasteiger partial charge in [0.2, 0.25) is 5.43 Å². The Kier molecular flexibility index (Phi) is 7.12. The minimum atomic E-state index is -4.38. The summed E-state index contributed by atoms with van der Waals surface area (Å²) in [4.78, 5) is 36.8. The normalized spacial score (nSPS) is 16.3. The lowest BCUT2D eigenvalue weighted by Crippen LogP contribution is -2.41. The van der Waals surface area contributed by atoms with Crippen molar-refractivity contribution in [2.45, 2.75) is 43.0 Å². The number of carboxylic acids is 1. The van der Waals surface area contributed by atoms with Crippen molar-refractivity contribution in [2.75, 3.05) is 30.5 Å². The third-order valence-corrected chi connectivity index (χ3v) is 9.07. The molecule has 2 heterocycles. The van der Waals surface area contributed by atoms with Gasteiger partial charge in [-0.1, -0.05) is 6.42 Å². The summed E-state index contributed by atoms with van der Waals surface area (Å²) in [5.41, 5.74) is -1.66. The molecular formula is C26H27FN4O7S. The van der Waals surface area contributed by atoms with E-state index in [9.17, 15) is 33.2 Å². The van der Waals surface area contributed by atoms with Crippen LogP contribution in [0.25, 0.3) is 10.9 Å². The summed E-state index contributed by atoms with van der Waals surface area (Å²) in [6.07, 6.45) is 5.73. The van der Waals surface area contributed by atoms with Crippen LogP contribution in [0.2, 0.25) is 0 Å². The Labute approximate surface area is 223 Å². The number of nitro groups is 1. The van der Waals surface area contributed by atoms with Crippen molar-refractivity contribution in [1.29, 1.82) is 0 Å². The topological polar surface area (TPSA) is 143 Å². The maximum Gasteiger partial charge on any atom is 0.341 e. The molecule has 0 amide bonds. The second-order valence-electron chi connectivity index (χ2n) is 9.87. The predicted octanol–water partition coefficient (Wildman–Crippen LogP) is 3.76. The fourth-order valence-corrected chi connectivity index (χ4v) is 6.46. The number of nitro benzene ring substituents is 1. The SMILES string of the molecule is O=C(O)c1cn(C2CC2)c2cc(N(CCN3CCCCC3)S(=O)(=O)c3ccc([N+](=O)[O-])cc3)c(F)cc2c1=O. The summed E-state index contributed by atoms with van der Waals surface area (Å²) >= 11 is 0. The average molecular weight is 559 g/mol. The van der Waals surface area contributed by atoms with Crippen LogP contribution in [0.4, 0.5) is 15.8 Å². The van der Waals surface area contributed by atoms with Crippen LogP contribution in [0, 0.1) is 15.9 Å². The van der Waals surface area contributed by atoms with E-state index in [1.54, 1.807) is 4.57 Å². The van der Waals surface area contributed by atoms with Crippen molar-refractivity contribution < 1.29 is 27.6 Å². The van der Waals surface area contributed by atoms with Crippen molar-refractivity contribution >= 4 is 38.3 Å². The molecular weight excluding hydrogens is 531 g/mol. The first-order valence-corrected chi connectivity index (χ1v) is 14.1. The van der Waals surface area contributed by atoms with Crippen LogP contribution >= 0.6 is 0 Å². The standard InChI is InChI=1S/C26H27FN4O7S/c27-22-14-20-23(29(17-4-5-17)16-21(25(20)32)26(33)34)15-24(22)30(13-12-28-10-2-1-3-11-28)39(37,38)19-8-6-18(7-9-19)31(35)36/h6-9,14-17H,1-5,10-13H2,(H,33,34). The quantitative estimate of drug-likeness (QED) is 0.309. The van der Waals surface area contributed by atoms with Crippen LogP contribution in [-0.2, 0) is 10.0 Å². The third-order valence-electron chi connectivity index (χ3n) is 7.24. The zero-order chi connectivity index (χ0) is 27.9. The Hall–Kier alpha value is -3.84. The molecule has 0 bridgehead atoms. The number of fused-ring (bicyclic) bond motifs is 1. The number of anilines is 1. The molecule has 1 aliphatic carbocycles. The molecule has 0 unspecified atom stereocenters. The Balaban J connectivity index is 1.64. The van der Waals surface area contributed by atoms with Crippen LogP contribution in [0.5, 0.6) is 0 Å². The van der Waals surface area contributed by atoms with Gasteiger partial charge in [0.1, 0.15) is 11.4 Å². The van der Waals surface area contributed by atoms with Gasteiger partial charge in [0.15, 0.2) is 0 Å². The van der Waals surface area contributed by atoms with Crippen molar-refractivity contribution in [3.63, 3.8) is 0 Å². The zero-order valence-corrected chi connectivity index (χ0v) is 21.8. The number of nitrogens with zero attached hydrogens (tertiary/aromatic N) is 4. The minimum absolute atomic E-state index is 0.0856. The number of piperidine rings is 1. The Bertz CT molecular complexity index is 1610. The number of non-ortho nitro benzene ring substituents is 1. The van der Waals surface area contributed by atoms with Crippen molar-refractivity contribution in [1.82, 2.24) is 9.47 Å². The van der Waals surface area contributed by atoms with E-state index < -0.39 is 37.7 Å². The molecule has 1 N–H and O–H groups in total. The van der Waals surface area contributed by atoms with Gasteiger partial charge in [-0.15, -0.1) is 0 Å². The van der Waals surface area contributed by atoms with Gasteiger partial charge in [0, 0.05) is 42.8 Å². The van der Waals surface area contributed by atoms with Crippen LogP contribution < -0.4 is 9.73 Å². The Morgan fingerprint density at radius 1 is 1.13 bits per heavy atom. The smallest absolute Gasteiger partial charge is 0.341 e. The molecule has 39 heavy (non-hydrogen) atoms. The first-order valence-electron chi connectivity index (χ1n) is 12.7. The fourth-order valence-electron chi connectivity index (χ4n) is 5.01. The molecule has 0 radical (unpaired) electrons. The molecule has 1 aliphatic heterocycles. The lowest BCUT2D eigenvalue weighted by atomic mass is 10.1. The van der Waals surface area contributed by atoms with Crippen molar-refractivity contribution in [2.24, 2.45) is 0 Å². The number of aromatic carboxylic acids is 1. The number of sulfonamides is 1. The lowest BCUT2D eigenvalue weighted by molar-refractivity contribution is -0.384. The first kappa shape index (κ1) is 26.8. The van der Waals surface area contributed by atoms with E-state index in [1.165, 1.54) is 12.3 Å². The average Bonchev–Trinajstić information content (AvgIpc) is 3.75. The number of benzene rings is 2. The van der Waals surface area contributed by atoms with Gasteiger partial charge < -0.3 is 14.6 Å². The molecule has 11 nitrogen and oxygen atoms in total. The van der Waals surface area contributed by atoms with E-state index in [0.29, 0.717) is 6.54 Å². The fraction of sp³-hybridized carbons (Fsp3) is 0.385. The highest BCUT2D eigenvalue weighted by Gasteiger charge is 2.32. The van der Waals surface area contributed by atoms with Gasteiger partial charge in [-0.05, 0) is 63.0 Å². The summed E-state index contributed by atoms with van der Waals surface area (Å²) in [7, 11) is -4.38. The number of carboxylic acid groups (broad SMARTS) is 1. The molecule has 5 rings (SSSR count). The first-order chi connectivity index (χ1) is 18.6. The van der Waals surface area contributed by atoms with Crippen molar-refractivity contribution in [3.8, 4) is 0 Å². The lowest BCUT2D eigenvalue weighted by Gasteiger charge is -2.31. The molecule has 1 aromatic heterocycles. The van der Waals surface area contributed by atoms with Gasteiger partial charge in [-0.3, -0.25) is 19.2 Å². The number of likely N-dealkylation sites (tertiary alicyclic amines) is 1. The van der Waals surface area contributed by atoms with Gasteiger partial charge in [-0.25, -0.2) is 17.6 Å². The predicted molar refractivity (Wildman–Crippen MR) is 141 cm³/mol. The number of halogens is 1. The Morgan fingerprint density at radius 2 is 1.79 bits per heavy atom. The molecule has 2 fully saturated rings. The summed E-state index contributed by atoms with van der Waals surface area (Å²) in [6, 6.07) is 6.47. The number of pyridine rings is 1. The van der Waals surface area contributed by atoms with Crippen LogP contribution in [0.3, 0.4) is 0 Å². The molecule has 2 aliphatic rings. The Morgan fingerprint density at radius 3 is 2.38 bits per heavy atom. The third kappa shape index (κ3) is 5.23. The molecule has 1 saturated heterocycles. The molecule has 0 atom stereocenters. The zero-order valence-electron chi connectivity index (χ0n) is 21.0. The van der Waals surface area contributed by atoms with Gasteiger partial charge >= 0.3 is 5.97 Å². The maximum atomic E-state index is 15.7. The molecule has 13 heteroatoms. The van der Waals surface area contributed by atoms with E-state index in [0.717, 1.165) is 79.8 Å². The summed E-state index contributed by atoms with van der Waals surface area (Å²) in [6.45, 7) is 1.80. The number of carbonyl (C=O) groups is 1. The van der Waals surface area contributed by atoms with E-state index >= 15 is 4.39 Å². The van der Waals surface area contributed by atoms with Crippen LogP contribution in [0.1, 0.15) is 48.5 Å². The number of rotatable bonds is 9. The second kappa shape index (κ2) is 10.4. The minimum Gasteiger partial charge on any atom is -0.477 e. The highest BCUT2D eigenvalue weighted by atomic mass is 32.2. The van der Waals surface area contributed by atoms with E-state index in [2.05, 4.69) is 4.90 Å². The summed E-state index contributed by atoms with van der Waals surface area (Å²) in [5.74, 6) is -2.42. The highest BCUT2D eigenvalue weighted by molar-refractivity contribution is 7.92. The van der Waals surface area contributed by atoms with E-state index in [1.807, 2.05) is 0 Å². The van der Waals surface area contributed by atoms with E-state index in [4.69, 9.17) is 0 Å². The maximum absolute atomic E-state index is 15.7. The highest BCUT2D eigenvalue weighted by Crippen LogP contribution is 2.39. The molecule has 2 aromatic carbocycles. The largest absolute Gasteiger partial charge is 0.477 e. The van der Waals surface area contributed by atoms with E-state index in [-0.39, 0.29) is 39.8 Å². The van der Waals surface area contributed by atoms with Gasteiger partial charge in [0.05, 0.1) is 21.0 Å². The molecule has 0 spiro atoms. The van der Waals surface area contributed by atoms with Crippen LogP contribution in [-0.4, -0.2) is 60.1 Å². The number of aromatic nitrogens is 1. The molecule has 3 aromatic rings. The summed E-state index contributed by atoms with van der Waals surface area (Å²) < 4.78 is 45.9. The molecule has 1 saturated carbocycles. The number of hydrogen-bond donors (Lipinski definition) is 1. The number of hydrogen-bond acceptors (Lipinski definition) is 7. The van der Waals surface area contributed by atoms with Gasteiger partial charge in [0.25, 0.3) is 15.7 Å². The second-order valence-corrected chi connectivity index (χ2v) is 11.7. The monoisotopic (exact) mass is 558 g/mol. The van der Waals surface area contributed by atoms with Crippen LogP contribution in [0.15, 0.2) is 52.3 Å². The molecule has 206 valence electrons. The van der Waals surface area contributed by atoms with Crippen molar-refractivity contribution in [3.05, 3.63) is 74.3 Å². The van der Waals surface area contributed by atoms with Gasteiger partial charge in [-0.2, -0.15) is 0 Å².